The first-order valence-electron chi connectivity index (χ1n) is 6.75. The topological polar surface area (TPSA) is 55.6 Å². The van der Waals surface area contributed by atoms with E-state index in [0.717, 1.165) is 18.5 Å². The second kappa shape index (κ2) is 6.33. The molecule has 1 aliphatic rings. The Hall–Kier alpha value is -1.46. The van der Waals surface area contributed by atoms with Crippen LogP contribution in [0.5, 0.6) is 0 Å². The molecule has 0 aromatic heterocycles. The molecule has 1 amide bonds. The number of carbonyl (C=O) groups excluding carboxylic acids is 1. The van der Waals surface area contributed by atoms with Gasteiger partial charge in [0, 0.05) is 31.3 Å². The van der Waals surface area contributed by atoms with Crippen molar-refractivity contribution in [3.8, 4) is 0 Å². The Labute approximate surface area is 124 Å². The third-order valence-electron chi connectivity index (χ3n) is 3.87. The van der Waals surface area contributed by atoms with Crippen molar-refractivity contribution in [1.29, 1.82) is 0 Å². The molecule has 0 saturated carbocycles. The third-order valence-corrected chi connectivity index (χ3v) is 4.11. The van der Waals surface area contributed by atoms with E-state index in [4.69, 9.17) is 22.7 Å². The molecule has 1 fully saturated rings. The number of piperidine rings is 1. The monoisotopic (exact) mass is 292 g/mol. The Kier molecular flexibility index (Phi) is 4.73. The molecule has 1 heterocycles. The first-order chi connectivity index (χ1) is 9.52. The van der Waals surface area contributed by atoms with Gasteiger partial charge in [0.05, 0.1) is 6.10 Å². The molecule has 1 saturated heterocycles. The maximum atomic E-state index is 12.5. The van der Waals surface area contributed by atoms with Crippen LogP contribution < -0.4 is 5.73 Å². The number of carbonyl (C=O) groups is 1. The van der Waals surface area contributed by atoms with E-state index in [9.17, 15) is 4.79 Å². The Morgan fingerprint density at radius 1 is 1.45 bits per heavy atom. The molecule has 0 spiro atoms. The minimum Gasteiger partial charge on any atom is -0.389 e. The molecule has 1 aromatic rings. The zero-order chi connectivity index (χ0) is 14.7. The lowest BCUT2D eigenvalue weighted by Gasteiger charge is -2.36. The van der Waals surface area contributed by atoms with Crippen LogP contribution in [0.1, 0.15) is 29.3 Å². The van der Waals surface area contributed by atoms with E-state index in [1.54, 1.807) is 19.2 Å². The van der Waals surface area contributed by atoms with Gasteiger partial charge in [0.2, 0.25) is 0 Å². The fraction of sp³-hybridized carbons (Fsp3) is 0.467. The molecule has 2 rings (SSSR count). The van der Waals surface area contributed by atoms with Crippen LogP contribution in [0.3, 0.4) is 0 Å². The molecule has 5 heteroatoms. The highest BCUT2D eigenvalue weighted by Gasteiger charge is 2.29. The Balaban J connectivity index is 2.15. The third kappa shape index (κ3) is 3.16. The summed E-state index contributed by atoms with van der Waals surface area (Å²) in [6.07, 6.45) is 1.06. The quantitative estimate of drug-likeness (QED) is 0.863. The number of hydrogen-bond donors (Lipinski definition) is 1. The smallest absolute Gasteiger partial charge is 0.253 e. The summed E-state index contributed by atoms with van der Waals surface area (Å²) >= 11 is 4.95. The summed E-state index contributed by atoms with van der Waals surface area (Å²) in [5.41, 5.74) is 6.96. The van der Waals surface area contributed by atoms with E-state index in [-0.39, 0.29) is 12.0 Å². The highest BCUT2D eigenvalue weighted by Crippen LogP contribution is 2.21. The second-order valence-corrected chi connectivity index (χ2v) is 5.68. The number of ether oxygens (including phenoxy) is 1. The maximum absolute atomic E-state index is 12.5. The summed E-state index contributed by atoms with van der Waals surface area (Å²) in [5, 5.41) is 0. The van der Waals surface area contributed by atoms with Gasteiger partial charge in [0.25, 0.3) is 5.91 Å². The first-order valence-corrected chi connectivity index (χ1v) is 7.15. The van der Waals surface area contributed by atoms with Gasteiger partial charge in [0.1, 0.15) is 4.99 Å². The maximum Gasteiger partial charge on any atom is 0.253 e. The van der Waals surface area contributed by atoms with E-state index in [1.165, 1.54) is 0 Å². The number of nitrogens with two attached hydrogens (primary N) is 1. The van der Waals surface area contributed by atoms with Crippen LogP contribution in [-0.4, -0.2) is 42.1 Å². The van der Waals surface area contributed by atoms with Crippen LogP contribution in [0.2, 0.25) is 0 Å². The number of methoxy groups -OCH3 is 1. The summed E-state index contributed by atoms with van der Waals surface area (Å²) in [6, 6.07) is 7.17. The molecular formula is C15H20N2O2S. The number of hydrogen-bond acceptors (Lipinski definition) is 3. The van der Waals surface area contributed by atoms with Crippen molar-refractivity contribution in [2.24, 2.45) is 11.7 Å². The van der Waals surface area contributed by atoms with E-state index in [1.807, 2.05) is 17.0 Å². The predicted octanol–water partition coefficient (Wildman–Crippen LogP) is 1.82. The zero-order valence-electron chi connectivity index (χ0n) is 11.8. The molecular weight excluding hydrogens is 272 g/mol. The standard InChI is InChI=1S/C15H20N2O2S/c1-10-6-7-17(9-13(10)19-2)15(18)12-5-3-4-11(8-12)14(16)20/h3-5,8,10,13H,6-7,9H2,1-2H3,(H2,16,20). The van der Waals surface area contributed by atoms with Gasteiger partial charge >= 0.3 is 0 Å². The van der Waals surface area contributed by atoms with Gasteiger partial charge in [-0.3, -0.25) is 4.79 Å². The molecule has 1 aromatic carbocycles. The van der Waals surface area contributed by atoms with Crippen LogP contribution >= 0.6 is 12.2 Å². The zero-order valence-corrected chi connectivity index (χ0v) is 12.7. The average molecular weight is 292 g/mol. The molecule has 2 N–H and O–H groups in total. The number of likely N-dealkylation sites (tertiary alicyclic amines) is 1. The molecule has 0 aliphatic carbocycles. The van der Waals surface area contributed by atoms with E-state index in [0.29, 0.717) is 23.0 Å². The first kappa shape index (κ1) is 14.9. The molecule has 4 nitrogen and oxygen atoms in total. The summed E-state index contributed by atoms with van der Waals surface area (Å²) in [4.78, 5) is 14.7. The largest absolute Gasteiger partial charge is 0.389 e. The molecule has 20 heavy (non-hydrogen) atoms. The fourth-order valence-electron chi connectivity index (χ4n) is 2.51. The van der Waals surface area contributed by atoms with Gasteiger partial charge in [0.15, 0.2) is 0 Å². The Morgan fingerprint density at radius 2 is 2.15 bits per heavy atom. The molecule has 2 unspecified atom stereocenters. The van der Waals surface area contributed by atoms with E-state index in [2.05, 4.69) is 6.92 Å². The van der Waals surface area contributed by atoms with Gasteiger partial charge in [-0.2, -0.15) is 0 Å². The second-order valence-electron chi connectivity index (χ2n) is 5.24. The lowest BCUT2D eigenvalue weighted by atomic mass is 9.95. The van der Waals surface area contributed by atoms with Crippen LogP contribution in [0.15, 0.2) is 24.3 Å². The van der Waals surface area contributed by atoms with Crippen LogP contribution in [-0.2, 0) is 4.74 Å². The SMILES string of the molecule is COC1CN(C(=O)c2cccc(C(N)=S)c2)CCC1C. The summed E-state index contributed by atoms with van der Waals surface area (Å²) in [7, 11) is 1.70. The van der Waals surface area contributed by atoms with Crippen molar-refractivity contribution in [1.82, 2.24) is 4.90 Å². The summed E-state index contributed by atoms with van der Waals surface area (Å²) in [5.74, 6) is 0.490. The molecule has 0 bridgehead atoms. The normalized spacial score (nSPS) is 22.6. The van der Waals surface area contributed by atoms with Crippen molar-refractivity contribution < 1.29 is 9.53 Å². The fourth-order valence-corrected chi connectivity index (χ4v) is 2.64. The molecule has 108 valence electrons. The van der Waals surface area contributed by atoms with Crippen molar-refractivity contribution >= 4 is 23.1 Å². The molecule has 2 atom stereocenters. The van der Waals surface area contributed by atoms with Crippen LogP contribution in [0.4, 0.5) is 0 Å². The minimum atomic E-state index is 0.0112. The highest BCUT2D eigenvalue weighted by atomic mass is 32.1. The summed E-state index contributed by atoms with van der Waals surface area (Å²) in [6.45, 7) is 3.55. The van der Waals surface area contributed by atoms with Crippen molar-refractivity contribution in [2.45, 2.75) is 19.4 Å². The summed E-state index contributed by atoms with van der Waals surface area (Å²) < 4.78 is 5.45. The van der Waals surface area contributed by atoms with Gasteiger partial charge in [-0.25, -0.2) is 0 Å². The number of rotatable bonds is 3. The Bertz CT molecular complexity index is 518. The van der Waals surface area contributed by atoms with Crippen LogP contribution in [0.25, 0.3) is 0 Å². The predicted molar refractivity (Wildman–Crippen MR) is 82.8 cm³/mol. The average Bonchev–Trinajstić information content (AvgIpc) is 2.47. The highest BCUT2D eigenvalue weighted by molar-refractivity contribution is 7.80. The number of benzene rings is 1. The lowest BCUT2D eigenvalue weighted by Crippen LogP contribution is -2.46. The van der Waals surface area contributed by atoms with Crippen molar-refractivity contribution in [2.75, 3.05) is 20.2 Å². The van der Waals surface area contributed by atoms with E-state index >= 15 is 0 Å². The lowest BCUT2D eigenvalue weighted by molar-refractivity contribution is -0.00156. The van der Waals surface area contributed by atoms with E-state index < -0.39 is 0 Å². The molecule has 0 radical (unpaired) electrons. The number of thiocarbonyl (C=S) groups is 1. The Morgan fingerprint density at radius 3 is 2.80 bits per heavy atom. The van der Waals surface area contributed by atoms with Crippen molar-refractivity contribution in [3.05, 3.63) is 35.4 Å². The van der Waals surface area contributed by atoms with Crippen molar-refractivity contribution in [3.63, 3.8) is 0 Å². The van der Waals surface area contributed by atoms with Gasteiger partial charge in [-0.1, -0.05) is 31.3 Å². The number of amides is 1. The number of nitrogens with zero attached hydrogens (tertiary/aromatic N) is 1. The molecule has 1 aliphatic heterocycles. The van der Waals surface area contributed by atoms with Gasteiger partial charge in [-0.05, 0) is 24.5 Å². The van der Waals surface area contributed by atoms with Gasteiger partial charge < -0.3 is 15.4 Å². The minimum absolute atomic E-state index is 0.0112. The van der Waals surface area contributed by atoms with Crippen LogP contribution in [0, 0.1) is 5.92 Å². The van der Waals surface area contributed by atoms with Gasteiger partial charge in [-0.15, -0.1) is 0 Å².